The van der Waals surface area contributed by atoms with E-state index in [2.05, 4.69) is 11.6 Å². The molecule has 0 unspecified atom stereocenters. The van der Waals surface area contributed by atoms with Crippen LogP contribution in [0.4, 0.5) is 4.39 Å². The molecule has 1 aliphatic rings. The van der Waals surface area contributed by atoms with Gasteiger partial charge >= 0.3 is 5.97 Å². The highest BCUT2D eigenvalue weighted by atomic mass is 19.1. The molecule has 1 aliphatic heterocycles. The third-order valence-electron chi connectivity index (χ3n) is 3.41. The molecule has 4 nitrogen and oxygen atoms in total. The molecular formula is C20H16FNO3. The van der Waals surface area contributed by atoms with Crippen molar-refractivity contribution in [3.05, 3.63) is 83.3 Å². The summed E-state index contributed by atoms with van der Waals surface area (Å²) in [6.07, 6.45) is 1.56. The first-order chi connectivity index (χ1) is 12.0. The van der Waals surface area contributed by atoms with Crippen LogP contribution in [0.25, 0.3) is 6.08 Å². The fourth-order valence-corrected chi connectivity index (χ4v) is 2.24. The Morgan fingerprint density at radius 1 is 1.24 bits per heavy atom. The highest BCUT2D eigenvalue weighted by Gasteiger charge is 2.26. The number of esters is 1. The normalized spacial score (nSPS) is 15.0. The van der Waals surface area contributed by atoms with Crippen LogP contribution in [-0.2, 0) is 9.53 Å². The molecule has 0 fully saturated rings. The van der Waals surface area contributed by atoms with Crippen molar-refractivity contribution in [1.82, 2.24) is 0 Å². The minimum atomic E-state index is -0.632. The molecule has 0 atom stereocenters. The number of aliphatic imine (C=N–C) groups is 1. The van der Waals surface area contributed by atoms with Gasteiger partial charge in [-0.25, -0.2) is 14.2 Å². The molecule has 0 aromatic heterocycles. The van der Waals surface area contributed by atoms with Crippen LogP contribution in [0.3, 0.4) is 0 Å². The summed E-state index contributed by atoms with van der Waals surface area (Å²) in [5.74, 6) is -0.580. The topological polar surface area (TPSA) is 47.9 Å². The third-order valence-corrected chi connectivity index (χ3v) is 3.41. The molecule has 2 aromatic rings. The predicted molar refractivity (Wildman–Crippen MR) is 93.8 cm³/mol. The molecule has 0 saturated heterocycles. The lowest BCUT2D eigenvalue weighted by Gasteiger charge is -2.08. The molecule has 5 heteroatoms. The molecular weight excluding hydrogens is 321 g/mol. The Labute approximate surface area is 144 Å². The first-order valence-electron chi connectivity index (χ1n) is 7.68. The fraction of sp³-hybridized carbons (Fsp3) is 0.100. The van der Waals surface area contributed by atoms with Crippen LogP contribution in [0.2, 0.25) is 0 Å². The Hall–Kier alpha value is -3.21. The Bertz CT molecular complexity index is 899. The second-order valence-electron chi connectivity index (χ2n) is 5.60. The summed E-state index contributed by atoms with van der Waals surface area (Å²) >= 11 is 0. The number of nitrogens with zero attached hydrogens (tertiary/aromatic N) is 1. The van der Waals surface area contributed by atoms with Crippen molar-refractivity contribution in [1.29, 1.82) is 0 Å². The summed E-state index contributed by atoms with van der Waals surface area (Å²) in [6.45, 7) is 6.03. The second kappa shape index (κ2) is 7.13. The number of hydrogen-bond acceptors (Lipinski definition) is 4. The predicted octanol–water partition coefficient (Wildman–Crippen LogP) is 4.13. The van der Waals surface area contributed by atoms with Gasteiger partial charge in [0.05, 0.1) is 5.56 Å². The fourth-order valence-electron chi connectivity index (χ4n) is 2.24. The van der Waals surface area contributed by atoms with Crippen molar-refractivity contribution in [2.45, 2.75) is 6.92 Å². The van der Waals surface area contributed by atoms with E-state index in [1.165, 1.54) is 12.1 Å². The van der Waals surface area contributed by atoms with E-state index in [9.17, 15) is 9.18 Å². The lowest BCUT2D eigenvalue weighted by Crippen LogP contribution is -2.07. The molecule has 1 heterocycles. The van der Waals surface area contributed by atoms with Crippen molar-refractivity contribution in [2.24, 2.45) is 4.99 Å². The van der Waals surface area contributed by atoms with Gasteiger partial charge in [-0.05, 0) is 36.8 Å². The van der Waals surface area contributed by atoms with Crippen LogP contribution in [0.1, 0.15) is 18.1 Å². The lowest BCUT2D eigenvalue weighted by atomic mass is 10.1. The van der Waals surface area contributed by atoms with Crippen LogP contribution in [0.15, 0.2) is 71.4 Å². The summed E-state index contributed by atoms with van der Waals surface area (Å²) in [4.78, 5) is 16.2. The summed E-state index contributed by atoms with van der Waals surface area (Å²) < 4.78 is 24.6. The van der Waals surface area contributed by atoms with Gasteiger partial charge in [0, 0.05) is 5.56 Å². The minimum Gasteiger partial charge on any atom is -0.489 e. The number of hydrogen-bond donors (Lipinski definition) is 0. The third kappa shape index (κ3) is 3.83. The van der Waals surface area contributed by atoms with Gasteiger partial charge in [-0.1, -0.05) is 36.9 Å². The number of para-hydroxylation sites is 1. The van der Waals surface area contributed by atoms with E-state index < -0.39 is 11.8 Å². The monoisotopic (exact) mass is 337 g/mol. The zero-order chi connectivity index (χ0) is 17.8. The Kier molecular flexibility index (Phi) is 4.75. The molecule has 0 bridgehead atoms. The number of carbonyl (C=O) groups is 1. The zero-order valence-electron chi connectivity index (χ0n) is 13.7. The minimum absolute atomic E-state index is 0.0466. The Balaban J connectivity index is 1.93. The van der Waals surface area contributed by atoms with Crippen molar-refractivity contribution in [3.63, 3.8) is 0 Å². The lowest BCUT2D eigenvalue weighted by molar-refractivity contribution is -0.129. The van der Waals surface area contributed by atoms with Crippen molar-refractivity contribution in [3.8, 4) is 5.75 Å². The van der Waals surface area contributed by atoms with Crippen LogP contribution >= 0.6 is 0 Å². The number of rotatable bonds is 5. The highest BCUT2D eigenvalue weighted by Crippen LogP contribution is 2.25. The van der Waals surface area contributed by atoms with Crippen LogP contribution < -0.4 is 4.74 Å². The average Bonchev–Trinajstić information content (AvgIpc) is 2.95. The van der Waals surface area contributed by atoms with Crippen molar-refractivity contribution in [2.75, 3.05) is 6.61 Å². The van der Waals surface area contributed by atoms with Gasteiger partial charge in [0.25, 0.3) is 0 Å². The number of cyclic esters (lactones) is 1. The average molecular weight is 337 g/mol. The quantitative estimate of drug-likeness (QED) is 0.468. The summed E-state index contributed by atoms with van der Waals surface area (Å²) in [7, 11) is 0. The molecule has 0 amide bonds. The zero-order valence-corrected chi connectivity index (χ0v) is 13.7. The molecule has 2 aromatic carbocycles. The van der Waals surface area contributed by atoms with E-state index in [0.717, 1.165) is 5.57 Å². The van der Waals surface area contributed by atoms with Gasteiger partial charge in [-0.2, -0.15) is 0 Å². The summed E-state index contributed by atoms with van der Waals surface area (Å²) in [5.41, 5.74) is 1.78. The van der Waals surface area contributed by atoms with Gasteiger partial charge in [0.2, 0.25) is 5.90 Å². The maximum atomic E-state index is 13.8. The van der Waals surface area contributed by atoms with Crippen LogP contribution in [-0.4, -0.2) is 18.5 Å². The smallest absolute Gasteiger partial charge is 0.363 e. The van der Waals surface area contributed by atoms with Gasteiger partial charge in [-0.15, -0.1) is 0 Å². The molecule has 0 spiro atoms. The van der Waals surface area contributed by atoms with Gasteiger partial charge in [0.1, 0.15) is 18.2 Å². The molecule has 0 saturated carbocycles. The Morgan fingerprint density at radius 3 is 2.72 bits per heavy atom. The first-order valence-corrected chi connectivity index (χ1v) is 7.68. The van der Waals surface area contributed by atoms with Crippen LogP contribution in [0.5, 0.6) is 5.75 Å². The standard InChI is InChI=1S/C20H16FNO3/c1-13(2)12-24-18-10-6-3-7-14(18)11-17-20(23)25-19(22-17)15-8-4-5-9-16(15)21/h3-11H,1,12H2,2H3/b17-11-. The highest BCUT2D eigenvalue weighted by molar-refractivity contribution is 6.13. The van der Waals surface area contributed by atoms with Crippen LogP contribution in [0, 0.1) is 5.82 Å². The number of halogens is 1. The second-order valence-corrected chi connectivity index (χ2v) is 5.60. The Morgan fingerprint density at radius 2 is 1.96 bits per heavy atom. The van der Waals surface area contributed by atoms with E-state index in [1.807, 2.05) is 19.1 Å². The maximum absolute atomic E-state index is 13.8. The molecule has 25 heavy (non-hydrogen) atoms. The largest absolute Gasteiger partial charge is 0.489 e. The molecule has 0 radical (unpaired) electrons. The number of ether oxygens (including phenoxy) is 2. The first kappa shape index (κ1) is 16.6. The van der Waals surface area contributed by atoms with Crippen molar-refractivity contribution < 1.29 is 18.7 Å². The van der Waals surface area contributed by atoms with Gasteiger partial charge in [-0.3, -0.25) is 0 Å². The van der Waals surface area contributed by atoms with E-state index in [4.69, 9.17) is 9.47 Å². The summed E-state index contributed by atoms with van der Waals surface area (Å²) in [5, 5.41) is 0. The van der Waals surface area contributed by atoms with E-state index in [1.54, 1.807) is 30.3 Å². The maximum Gasteiger partial charge on any atom is 0.363 e. The molecule has 0 N–H and O–H groups in total. The van der Waals surface area contributed by atoms with Gasteiger partial charge < -0.3 is 9.47 Å². The van der Waals surface area contributed by atoms with E-state index in [0.29, 0.717) is 17.9 Å². The number of benzene rings is 2. The van der Waals surface area contributed by atoms with Crippen molar-refractivity contribution >= 4 is 17.9 Å². The number of carbonyl (C=O) groups excluding carboxylic acids is 1. The van der Waals surface area contributed by atoms with E-state index >= 15 is 0 Å². The molecule has 126 valence electrons. The molecule has 3 rings (SSSR count). The molecule has 0 aliphatic carbocycles. The van der Waals surface area contributed by atoms with Gasteiger partial charge in [0.15, 0.2) is 5.70 Å². The summed E-state index contributed by atoms with van der Waals surface area (Å²) in [6, 6.07) is 13.2. The SMILES string of the molecule is C=C(C)COc1ccccc1/C=C1\N=C(c2ccccc2F)OC1=O. The van der Waals surface area contributed by atoms with E-state index in [-0.39, 0.29) is 17.2 Å².